The van der Waals surface area contributed by atoms with Gasteiger partial charge in [-0.1, -0.05) is 237 Å². The van der Waals surface area contributed by atoms with Gasteiger partial charge in [0.1, 0.15) is 11.3 Å². The molecule has 2 radical (unpaired) electrons. The molecular weight excluding hydrogens is 1400 g/mol. The number of benzene rings is 13. The van der Waals surface area contributed by atoms with E-state index in [0.29, 0.717) is 0 Å². The van der Waals surface area contributed by atoms with Gasteiger partial charge >= 0.3 is 16.6 Å². The first-order chi connectivity index (χ1) is 48.4. The maximum Gasteiger partial charge on any atom is 0.494 e. The number of aryl methyl sites for hydroxylation is 2. The SMILES string of the molecule is Cc1cc(-c2ccccc2)c2ccc3c(-c4ccccc4)cc(C)nc3c2n1.[AlH][O]c1cccc2cccnc12.[Ir].[c-]1ccccc1-c1ccccn1.c1ccc(N(c2ccc(-c3ccc(N(c4ccccc4)c4cccc5ccccc45)cc3)cc2)c2cccc3ccccc23)cc1. The predicted molar refractivity (Wildman–Crippen MR) is 412 cm³/mol. The van der Waals surface area contributed by atoms with Crippen LogP contribution in [0, 0.1) is 19.9 Å². The van der Waals surface area contributed by atoms with Crippen LogP contribution in [0.3, 0.4) is 0 Å². The standard InChI is InChI=1S/C44H32N2.C26H20N2.C11H8N.C9H7NO.Al.Ir.H/c1-3-17-37(18-4-1)45(43-23-11-15-35-13-7-9-21-41(35)43)39-29-25-33(26-30-39)34-27-31-40(32-28-34)46(38-19-5-2-6-20-38)44-24-12-16-36-14-8-10-22-42(36)44;1-17-15-23(19-9-5-3-6-10-19)21-13-14-22-24(20-11-7-4-8-12-20)16-18(2)28-26(22)25(21)27-17;1-2-6-10(7-3-1)11-8-4-5-9-12-11;11-8-5-1-3-7-4-2-6-10-9(7)8;;;/h1-32H;3-16H,1-2H3;1-6,8-9H;1-6,11H;;;/q;;-1;;+1;;/p-1. The summed E-state index contributed by atoms with van der Waals surface area (Å²) in [5.41, 5.74) is 20.9. The minimum Gasteiger partial charge on any atom is -0.649 e. The van der Waals surface area contributed by atoms with Gasteiger partial charge in [-0.2, -0.15) is 0 Å². The monoisotopic (exact) mass is 1470 g/mol. The van der Waals surface area contributed by atoms with Crippen LogP contribution in [0.15, 0.2) is 364 Å². The van der Waals surface area contributed by atoms with Crippen molar-refractivity contribution in [3.63, 3.8) is 0 Å². The van der Waals surface area contributed by atoms with Crippen molar-refractivity contribution >= 4 is 105 Å². The van der Waals surface area contributed by atoms with Crippen molar-refractivity contribution < 1.29 is 23.9 Å². The molecule has 99 heavy (non-hydrogen) atoms. The second-order valence-electron chi connectivity index (χ2n) is 23.6. The van der Waals surface area contributed by atoms with Gasteiger partial charge in [0.2, 0.25) is 0 Å². The van der Waals surface area contributed by atoms with Crippen LogP contribution < -0.4 is 13.6 Å². The third-order valence-electron chi connectivity index (χ3n) is 17.2. The number of hydrogen-bond acceptors (Lipinski definition) is 7. The number of nitrogens with zero attached hydrogens (tertiary/aromatic N) is 6. The van der Waals surface area contributed by atoms with E-state index in [1.807, 2.05) is 84.9 Å². The first kappa shape index (κ1) is 66.0. The molecular formula is C90H67AlIrN6O-. The van der Waals surface area contributed by atoms with Crippen molar-refractivity contribution in [2.24, 2.45) is 0 Å². The van der Waals surface area contributed by atoms with Crippen molar-refractivity contribution in [3.05, 3.63) is 382 Å². The van der Waals surface area contributed by atoms with Crippen LogP contribution in [0.1, 0.15) is 11.4 Å². The molecule has 0 bridgehead atoms. The average molecular weight is 1470 g/mol. The van der Waals surface area contributed by atoms with Crippen LogP contribution in [0.4, 0.5) is 34.1 Å². The Morgan fingerprint density at radius 3 is 1.21 bits per heavy atom. The van der Waals surface area contributed by atoms with Gasteiger partial charge in [0, 0.05) is 93.6 Å². The number of anilines is 6. The molecule has 9 heteroatoms. The number of para-hydroxylation sites is 3. The van der Waals surface area contributed by atoms with Crippen LogP contribution in [-0.4, -0.2) is 36.6 Å². The molecule has 476 valence electrons. The van der Waals surface area contributed by atoms with Crippen LogP contribution in [0.25, 0.3) is 98.9 Å². The van der Waals surface area contributed by atoms with E-state index in [1.54, 1.807) is 12.4 Å². The Morgan fingerprint density at radius 1 is 0.323 bits per heavy atom. The number of pyridine rings is 4. The van der Waals surface area contributed by atoms with E-state index in [0.717, 1.165) is 95.2 Å². The first-order valence-corrected chi connectivity index (χ1v) is 33.3. The predicted octanol–water partition coefficient (Wildman–Crippen LogP) is 23.3. The molecule has 0 N–H and O–H groups in total. The van der Waals surface area contributed by atoms with Gasteiger partial charge in [0.05, 0.1) is 22.4 Å². The molecule has 0 atom stereocenters. The largest absolute Gasteiger partial charge is 0.649 e. The van der Waals surface area contributed by atoms with E-state index < -0.39 is 0 Å². The molecule has 13 aromatic carbocycles. The summed E-state index contributed by atoms with van der Waals surface area (Å²) in [4.78, 5) is 22.9. The maximum atomic E-state index is 5.19. The fourth-order valence-electron chi connectivity index (χ4n) is 12.6. The van der Waals surface area contributed by atoms with Gasteiger partial charge in [-0.25, -0.2) is 0 Å². The number of hydrogen-bond donors (Lipinski definition) is 0. The molecule has 17 rings (SSSR count). The zero-order chi connectivity index (χ0) is 66.4. The summed E-state index contributed by atoms with van der Waals surface area (Å²) in [6.45, 7) is 4.11. The topological polar surface area (TPSA) is 67.3 Å². The Hall–Kier alpha value is -11.7. The van der Waals surface area contributed by atoms with Gasteiger partial charge in [-0.15, -0.1) is 35.9 Å². The Kier molecular flexibility index (Phi) is 21.0. The maximum absolute atomic E-state index is 5.19. The van der Waals surface area contributed by atoms with E-state index in [4.69, 9.17) is 13.8 Å². The summed E-state index contributed by atoms with van der Waals surface area (Å²) in [6.07, 6.45) is 3.56. The quantitative estimate of drug-likeness (QED) is 0.0726. The summed E-state index contributed by atoms with van der Waals surface area (Å²) < 4.78 is 5.19. The smallest absolute Gasteiger partial charge is 0.494 e. The Bertz CT molecular complexity index is 5190. The molecule has 7 nitrogen and oxygen atoms in total. The fourth-order valence-corrected chi connectivity index (χ4v) is 12.9. The van der Waals surface area contributed by atoms with Gasteiger partial charge in [0.15, 0.2) is 0 Å². The third-order valence-corrected chi connectivity index (χ3v) is 17.5. The fraction of sp³-hybridized carbons (Fsp3) is 0.0222. The van der Waals surface area contributed by atoms with Crippen LogP contribution in [-0.2, 0) is 20.1 Å². The molecule has 0 unspecified atom stereocenters. The zero-order valence-electron chi connectivity index (χ0n) is 54.8. The summed E-state index contributed by atoms with van der Waals surface area (Å²) in [7, 11) is 0. The van der Waals surface area contributed by atoms with E-state index in [-0.39, 0.29) is 20.1 Å². The molecule has 4 heterocycles. The summed E-state index contributed by atoms with van der Waals surface area (Å²) >= 11 is 1.47. The Labute approximate surface area is 600 Å². The average Bonchev–Trinajstić information content (AvgIpc) is 0.757. The van der Waals surface area contributed by atoms with Crippen LogP contribution >= 0.6 is 0 Å². The van der Waals surface area contributed by atoms with E-state index in [1.165, 1.54) is 71.5 Å². The molecule has 0 saturated carbocycles. The van der Waals surface area contributed by atoms with Gasteiger partial charge in [-0.3, -0.25) is 15.0 Å². The molecule has 4 aromatic heterocycles. The van der Waals surface area contributed by atoms with Crippen LogP contribution in [0.2, 0.25) is 0 Å². The molecule has 0 aliphatic rings. The molecule has 0 aliphatic heterocycles. The van der Waals surface area contributed by atoms with Crippen molar-refractivity contribution in [2.75, 3.05) is 9.80 Å². The zero-order valence-corrected chi connectivity index (χ0v) is 58.6. The van der Waals surface area contributed by atoms with E-state index in [2.05, 4.69) is 307 Å². The number of aromatic nitrogens is 4. The van der Waals surface area contributed by atoms with Gasteiger partial charge in [-0.05, 0) is 155 Å². The van der Waals surface area contributed by atoms with Crippen molar-refractivity contribution in [2.45, 2.75) is 13.8 Å². The molecule has 0 aliphatic carbocycles. The summed E-state index contributed by atoms with van der Waals surface area (Å²) in [5, 5.41) is 8.30. The van der Waals surface area contributed by atoms with Gasteiger partial charge in [0.25, 0.3) is 0 Å². The summed E-state index contributed by atoms with van der Waals surface area (Å²) in [6, 6.07) is 126. The number of fused-ring (bicyclic) bond motifs is 6. The first-order valence-electron chi connectivity index (χ1n) is 32.8. The van der Waals surface area contributed by atoms with E-state index in [9.17, 15) is 0 Å². The third kappa shape index (κ3) is 15.0. The molecule has 0 fully saturated rings. The Morgan fingerprint density at radius 2 is 0.737 bits per heavy atom. The van der Waals surface area contributed by atoms with Crippen molar-refractivity contribution in [1.29, 1.82) is 0 Å². The van der Waals surface area contributed by atoms with Gasteiger partial charge < -0.3 is 18.6 Å². The molecule has 0 saturated heterocycles. The normalized spacial score (nSPS) is 10.7. The Balaban J connectivity index is 0.000000139. The molecule has 0 spiro atoms. The second-order valence-corrected chi connectivity index (χ2v) is 23.9. The van der Waals surface area contributed by atoms with Crippen LogP contribution in [0.5, 0.6) is 5.75 Å². The minimum absolute atomic E-state index is 0. The number of rotatable bonds is 11. The summed E-state index contributed by atoms with van der Waals surface area (Å²) in [5.74, 6) is 0.839. The van der Waals surface area contributed by atoms with E-state index >= 15 is 0 Å². The minimum atomic E-state index is 0. The van der Waals surface area contributed by atoms with Crippen molar-refractivity contribution in [1.82, 2.24) is 19.9 Å². The van der Waals surface area contributed by atoms with Crippen molar-refractivity contribution in [3.8, 4) is 50.4 Å². The molecule has 17 aromatic rings. The second kappa shape index (κ2) is 31.5. The molecule has 0 amide bonds.